The first-order valence-electron chi connectivity index (χ1n) is 7.52. The Labute approximate surface area is 129 Å². The zero-order chi connectivity index (χ0) is 15.4. The normalized spacial score (nSPS) is 13.7. The van der Waals surface area contributed by atoms with Gasteiger partial charge in [-0.05, 0) is 5.56 Å². The van der Waals surface area contributed by atoms with Gasteiger partial charge in [-0.2, -0.15) is 5.10 Å². The number of hydrogen-bond donors (Lipinski definition) is 3. The second kappa shape index (κ2) is 6.72. The summed E-state index contributed by atoms with van der Waals surface area (Å²) in [6.07, 6.45) is 0.864. The molecule has 1 aromatic heterocycles. The number of hydrogen-bond acceptors (Lipinski definition) is 4. The summed E-state index contributed by atoms with van der Waals surface area (Å²) in [6.45, 7) is 2.39. The summed E-state index contributed by atoms with van der Waals surface area (Å²) in [5.41, 5.74) is 3.72. The van der Waals surface area contributed by atoms with Crippen molar-refractivity contribution in [3.8, 4) is 0 Å². The van der Waals surface area contributed by atoms with Crippen molar-refractivity contribution >= 4 is 5.91 Å². The molecular formula is C16H20N4O2. The summed E-state index contributed by atoms with van der Waals surface area (Å²) in [6, 6.07) is 10.1. The highest BCUT2D eigenvalue weighted by molar-refractivity contribution is 5.94. The van der Waals surface area contributed by atoms with Crippen molar-refractivity contribution in [1.82, 2.24) is 20.4 Å². The van der Waals surface area contributed by atoms with Crippen molar-refractivity contribution in [2.24, 2.45) is 0 Å². The third-order valence-electron chi connectivity index (χ3n) is 3.79. The van der Waals surface area contributed by atoms with Gasteiger partial charge in [0.05, 0.1) is 13.2 Å². The molecule has 1 aliphatic rings. The highest BCUT2D eigenvalue weighted by Crippen LogP contribution is 2.19. The summed E-state index contributed by atoms with van der Waals surface area (Å²) >= 11 is 0. The van der Waals surface area contributed by atoms with Gasteiger partial charge in [0, 0.05) is 37.3 Å². The molecule has 0 atom stereocenters. The number of aliphatic hydroxyl groups is 1. The highest BCUT2D eigenvalue weighted by atomic mass is 16.3. The molecule has 0 saturated heterocycles. The largest absolute Gasteiger partial charge is 0.395 e. The lowest BCUT2D eigenvalue weighted by atomic mass is 10.1. The zero-order valence-electron chi connectivity index (χ0n) is 12.4. The van der Waals surface area contributed by atoms with Crippen LogP contribution >= 0.6 is 0 Å². The summed E-state index contributed by atoms with van der Waals surface area (Å²) in [4.78, 5) is 12.2. The van der Waals surface area contributed by atoms with Crippen LogP contribution in [-0.2, 0) is 19.5 Å². The molecule has 116 valence electrons. The SMILES string of the molecule is O=C(NCCO)c1nn(Cc2ccccc2)c2c1CNCC2. The number of amides is 1. The second-order valence-electron chi connectivity index (χ2n) is 5.32. The maximum Gasteiger partial charge on any atom is 0.272 e. The average Bonchev–Trinajstić information content (AvgIpc) is 2.93. The molecular weight excluding hydrogens is 280 g/mol. The molecule has 6 nitrogen and oxygen atoms in total. The minimum Gasteiger partial charge on any atom is -0.395 e. The molecule has 3 N–H and O–H groups in total. The van der Waals surface area contributed by atoms with Crippen molar-refractivity contribution in [2.75, 3.05) is 19.7 Å². The number of carbonyl (C=O) groups is 1. The molecule has 1 aromatic carbocycles. The number of aromatic nitrogens is 2. The fourth-order valence-electron chi connectivity index (χ4n) is 2.74. The fourth-order valence-corrected chi connectivity index (χ4v) is 2.74. The first-order chi connectivity index (χ1) is 10.8. The minimum atomic E-state index is -0.221. The first kappa shape index (κ1) is 14.7. The molecule has 2 aromatic rings. The van der Waals surface area contributed by atoms with E-state index in [1.165, 1.54) is 0 Å². The van der Waals surface area contributed by atoms with Gasteiger partial charge in [-0.3, -0.25) is 9.48 Å². The standard InChI is InChI=1S/C16H20N4O2/c21-9-8-18-16(22)15-13-10-17-7-6-14(13)20(19-15)11-12-4-2-1-3-5-12/h1-5,17,21H,6-11H2,(H,18,22). The van der Waals surface area contributed by atoms with Crippen LogP contribution in [0.15, 0.2) is 30.3 Å². The number of rotatable bonds is 5. The topological polar surface area (TPSA) is 79.2 Å². The Bertz CT molecular complexity index is 652. The van der Waals surface area contributed by atoms with Crippen molar-refractivity contribution in [3.63, 3.8) is 0 Å². The van der Waals surface area contributed by atoms with E-state index >= 15 is 0 Å². The Balaban J connectivity index is 1.90. The van der Waals surface area contributed by atoms with Crippen LogP contribution in [0.1, 0.15) is 27.3 Å². The van der Waals surface area contributed by atoms with Crippen molar-refractivity contribution in [3.05, 3.63) is 52.8 Å². The molecule has 22 heavy (non-hydrogen) atoms. The van der Waals surface area contributed by atoms with Gasteiger partial charge in [0.25, 0.3) is 5.91 Å². The number of benzene rings is 1. The van der Waals surface area contributed by atoms with Crippen molar-refractivity contribution in [1.29, 1.82) is 0 Å². The lowest BCUT2D eigenvalue weighted by molar-refractivity contribution is 0.0938. The van der Waals surface area contributed by atoms with Gasteiger partial charge >= 0.3 is 0 Å². The quantitative estimate of drug-likeness (QED) is 0.742. The van der Waals surface area contributed by atoms with Crippen LogP contribution in [0.2, 0.25) is 0 Å². The third-order valence-corrected chi connectivity index (χ3v) is 3.79. The highest BCUT2D eigenvalue weighted by Gasteiger charge is 2.24. The minimum absolute atomic E-state index is 0.0725. The average molecular weight is 300 g/mol. The summed E-state index contributed by atoms with van der Waals surface area (Å²) < 4.78 is 1.93. The van der Waals surface area contributed by atoms with Crippen LogP contribution in [-0.4, -0.2) is 40.5 Å². The van der Waals surface area contributed by atoms with Crippen LogP contribution in [0.5, 0.6) is 0 Å². The van der Waals surface area contributed by atoms with Gasteiger partial charge in [0.15, 0.2) is 5.69 Å². The number of nitrogens with one attached hydrogen (secondary N) is 2. The smallest absolute Gasteiger partial charge is 0.272 e. The molecule has 0 aliphatic carbocycles. The molecule has 6 heteroatoms. The van der Waals surface area contributed by atoms with E-state index in [1.54, 1.807) is 0 Å². The monoisotopic (exact) mass is 300 g/mol. The molecule has 1 amide bonds. The Morgan fingerprint density at radius 2 is 2.18 bits per heavy atom. The first-order valence-corrected chi connectivity index (χ1v) is 7.52. The summed E-state index contributed by atoms with van der Waals surface area (Å²) in [7, 11) is 0. The van der Waals surface area contributed by atoms with Gasteiger partial charge in [-0.15, -0.1) is 0 Å². The van der Waals surface area contributed by atoms with Crippen LogP contribution in [0.3, 0.4) is 0 Å². The van der Waals surface area contributed by atoms with Gasteiger partial charge in [-0.25, -0.2) is 0 Å². The van der Waals surface area contributed by atoms with E-state index in [4.69, 9.17) is 5.11 Å². The number of nitrogens with zero attached hydrogens (tertiary/aromatic N) is 2. The Kier molecular flexibility index (Phi) is 4.50. The molecule has 0 unspecified atom stereocenters. The fraction of sp³-hybridized carbons (Fsp3) is 0.375. The van der Waals surface area contributed by atoms with Crippen LogP contribution in [0.4, 0.5) is 0 Å². The van der Waals surface area contributed by atoms with E-state index in [0.717, 1.165) is 29.8 Å². The van der Waals surface area contributed by atoms with E-state index in [9.17, 15) is 4.79 Å². The summed E-state index contributed by atoms with van der Waals surface area (Å²) in [5.74, 6) is -0.221. The molecule has 2 heterocycles. The predicted molar refractivity (Wildman–Crippen MR) is 82.6 cm³/mol. The number of aliphatic hydroxyl groups excluding tert-OH is 1. The van der Waals surface area contributed by atoms with E-state index in [0.29, 0.717) is 18.8 Å². The Hall–Kier alpha value is -2.18. The molecule has 1 aliphatic heterocycles. The molecule has 0 fully saturated rings. The van der Waals surface area contributed by atoms with Crippen LogP contribution < -0.4 is 10.6 Å². The van der Waals surface area contributed by atoms with Gasteiger partial charge < -0.3 is 15.7 Å². The lowest BCUT2D eigenvalue weighted by Gasteiger charge is -2.15. The lowest BCUT2D eigenvalue weighted by Crippen LogP contribution is -2.30. The number of carbonyl (C=O) groups excluding carboxylic acids is 1. The van der Waals surface area contributed by atoms with Gasteiger partial charge in [0.2, 0.25) is 0 Å². The van der Waals surface area contributed by atoms with Gasteiger partial charge in [-0.1, -0.05) is 30.3 Å². The maximum absolute atomic E-state index is 12.2. The zero-order valence-corrected chi connectivity index (χ0v) is 12.4. The third kappa shape index (κ3) is 3.03. The molecule has 0 bridgehead atoms. The van der Waals surface area contributed by atoms with E-state index in [1.807, 2.05) is 22.9 Å². The number of fused-ring (bicyclic) bond motifs is 1. The predicted octanol–water partition coefficient (Wildman–Crippen LogP) is 0.299. The molecule has 0 radical (unpaired) electrons. The Morgan fingerprint density at radius 1 is 1.36 bits per heavy atom. The van der Waals surface area contributed by atoms with E-state index in [2.05, 4.69) is 27.9 Å². The summed E-state index contributed by atoms with van der Waals surface area (Å²) in [5, 5.41) is 19.3. The maximum atomic E-state index is 12.2. The van der Waals surface area contributed by atoms with Crippen LogP contribution in [0, 0.1) is 0 Å². The molecule has 0 saturated carbocycles. The van der Waals surface area contributed by atoms with Crippen molar-refractivity contribution in [2.45, 2.75) is 19.5 Å². The van der Waals surface area contributed by atoms with E-state index < -0.39 is 0 Å². The van der Waals surface area contributed by atoms with Crippen molar-refractivity contribution < 1.29 is 9.90 Å². The van der Waals surface area contributed by atoms with Gasteiger partial charge in [0.1, 0.15) is 0 Å². The second-order valence-corrected chi connectivity index (χ2v) is 5.32. The van der Waals surface area contributed by atoms with Crippen LogP contribution in [0.25, 0.3) is 0 Å². The Morgan fingerprint density at radius 3 is 2.95 bits per heavy atom. The van der Waals surface area contributed by atoms with E-state index in [-0.39, 0.29) is 19.1 Å². The molecule has 0 spiro atoms. The molecule has 3 rings (SSSR count).